The normalized spacial score (nSPS) is 9.87. The maximum Gasteiger partial charge on any atom is 0.270 e. The molecule has 0 fully saturated rings. The predicted octanol–water partition coefficient (Wildman–Crippen LogP) is 0.735. The Morgan fingerprint density at radius 2 is 2.40 bits per heavy atom. The van der Waals surface area contributed by atoms with E-state index in [-0.39, 0.29) is 5.91 Å². The molecule has 0 spiro atoms. The van der Waals surface area contributed by atoms with Crippen molar-refractivity contribution in [3.05, 3.63) is 48.0 Å². The average molecular weight is 202 g/mol. The van der Waals surface area contributed by atoms with Gasteiger partial charge in [0.25, 0.3) is 5.91 Å². The van der Waals surface area contributed by atoms with Crippen LogP contribution in [0.15, 0.2) is 36.8 Å². The Balaban J connectivity index is 1.94. The van der Waals surface area contributed by atoms with Crippen LogP contribution in [0.5, 0.6) is 0 Å². The number of H-pyrrole nitrogens is 1. The standard InChI is InChI=1S/C10H10N4O/c15-10(9-3-1-2-4-11-9)12-5-8-6-13-14-7-8/h1-4,6-7H,5H2,(H,12,15)(H,13,14). The third kappa shape index (κ3) is 2.40. The number of pyridine rings is 1. The van der Waals surface area contributed by atoms with Crippen molar-refractivity contribution in [2.75, 3.05) is 0 Å². The lowest BCUT2D eigenvalue weighted by molar-refractivity contribution is 0.0946. The van der Waals surface area contributed by atoms with Gasteiger partial charge < -0.3 is 5.32 Å². The highest BCUT2D eigenvalue weighted by molar-refractivity contribution is 5.92. The van der Waals surface area contributed by atoms with Gasteiger partial charge in [-0.25, -0.2) is 0 Å². The van der Waals surface area contributed by atoms with Crippen molar-refractivity contribution >= 4 is 5.91 Å². The first-order valence-electron chi connectivity index (χ1n) is 4.53. The van der Waals surface area contributed by atoms with Gasteiger partial charge in [-0.15, -0.1) is 0 Å². The molecule has 2 heterocycles. The quantitative estimate of drug-likeness (QED) is 0.771. The Morgan fingerprint density at radius 3 is 3.07 bits per heavy atom. The molecule has 76 valence electrons. The van der Waals surface area contributed by atoms with Gasteiger partial charge >= 0.3 is 0 Å². The summed E-state index contributed by atoms with van der Waals surface area (Å²) in [5.41, 5.74) is 1.35. The van der Waals surface area contributed by atoms with E-state index < -0.39 is 0 Å². The molecule has 0 saturated carbocycles. The highest BCUT2D eigenvalue weighted by Crippen LogP contribution is 1.96. The Labute approximate surface area is 86.5 Å². The highest BCUT2D eigenvalue weighted by Gasteiger charge is 2.05. The minimum atomic E-state index is -0.184. The van der Waals surface area contributed by atoms with Gasteiger partial charge in [0, 0.05) is 24.5 Å². The number of rotatable bonds is 3. The molecule has 2 N–H and O–H groups in total. The molecule has 0 radical (unpaired) electrons. The van der Waals surface area contributed by atoms with Crippen LogP contribution in [-0.2, 0) is 6.54 Å². The number of aromatic amines is 1. The molecule has 5 heteroatoms. The molecule has 2 rings (SSSR count). The number of aromatic nitrogens is 3. The molecule has 0 saturated heterocycles. The first kappa shape index (κ1) is 9.39. The lowest BCUT2D eigenvalue weighted by Gasteiger charge is -2.01. The first-order valence-corrected chi connectivity index (χ1v) is 4.53. The summed E-state index contributed by atoms with van der Waals surface area (Å²) in [5.74, 6) is -0.184. The summed E-state index contributed by atoms with van der Waals surface area (Å²) >= 11 is 0. The van der Waals surface area contributed by atoms with Crippen molar-refractivity contribution < 1.29 is 4.79 Å². The molecule has 5 nitrogen and oxygen atoms in total. The first-order chi connectivity index (χ1) is 7.36. The van der Waals surface area contributed by atoms with E-state index in [0.29, 0.717) is 12.2 Å². The van der Waals surface area contributed by atoms with Crippen LogP contribution in [0.4, 0.5) is 0 Å². The van der Waals surface area contributed by atoms with Gasteiger partial charge in [-0.3, -0.25) is 14.9 Å². The summed E-state index contributed by atoms with van der Waals surface area (Å²) < 4.78 is 0. The fraction of sp³-hybridized carbons (Fsp3) is 0.100. The molecule has 0 bridgehead atoms. The van der Waals surface area contributed by atoms with Gasteiger partial charge in [-0.1, -0.05) is 6.07 Å². The summed E-state index contributed by atoms with van der Waals surface area (Å²) in [6.07, 6.45) is 4.99. The van der Waals surface area contributed by atoms with E-state index in [2.05, 4.69) is 20.5 Å². The molecule has 0 aliphatic rings. The van der Waals surface area contributed by atoms with Gasteiger partial charge in [0.05, 0.1) is 6.20 Å². The van der Waals surface area contributed by atoms with Gasteiger partial charge in [-0.2, -0.15) is 5.10 Å². The van der Waals surface area contributed by atoms with Crippen molar-refractivity contribution in [3.63, 3.8) is 0 Å². The van der Waals surface area contributed by atoms with E-state index in [0.717, 1.165) is 5.56 Å². The van der Waals surface area contributed by atoms with Crippen LogP contribution in [0.3, 0.4) is 0 Å². The Bertz CT molecular complexity index is 424. The summed E-state index contributed by atoms with van der Waals surface area (Å²) in [6.45, 7) is 0.450. The zero-order chi connectivity index (χ0) is 10.5. The van der Waals surface area contributed by atoms with Gasteiger partial charge in [0.1, 0.15) is 5.69 Å². The second-order valence-corrected chi connectivity index (χ2v) is 3.00. The number of hydrogen-bond donors (Lipinski definition) is 2. The van der Waals surface area contributed by atoms with Crippen LogP contribution in [0.1, 0.15) is 16.1 Å². The summed E-state index contributed by atoms with van der Waals surface area (Å²) in [6, 6.07) is 5.22. The summed E-state index contributed by atoms with van der Waals surface area (Å²) in [7, 11) is 0. The van der Waals surface area contributed by atoms with Crippen LogP contribution >= 0.6 is 0 Å². The fourth-order valence-corrected chi connectivity index (χ4v) is 1.14. The number of carbonyl (C=O) groups excluding carboxylic acids is 1. The van der Waals surface area contributed by atoms with E-state index in [4.69, 9.17) is 0 Å². The summed E-state index contributed by atoms with van der Waals surface area (Å²) in [4.78, 5) is 15.5. The van der Waals surface area contributed by atoms with Crippen molar-refractivity contribution in [1.82, 2.24) is 20.5 Å². The smallest absolute Gasteiger partial charge is 0.270 e. The lowest BCUT2D eigenvalue weighted by Crippen LogP contribution is -2.23. The Kier molecular flexibility index (Phi) is 2.73. The molecule has 0 atom stereocenters. The minimum Gasteiger partial charge on any atom is -0.347 e. The van der Waals surface area contributed by atoms with E-state index in [1.54, 1.807) is 36.8 Å². The van der Waals surface area contributed by atoms with Gasteiger partial charge in [-0.05, 0) is 12.1 Å². The molecular formula is C10H10N4O. The zero-order valence-electron chi connectivity index (χ0n) is 7.97. The number of nitrogens with one attached hydrogen (secondary N) is 2. The summed E-state index contributed by atoms with van der Waals surface area (Å²) in [5, 5.41) is 9.20. The molecule has 0 aromatic carbocycles. The van der Waals surface area contributed by atoms with Crippen molar-refractivity contribution in [3.8, 4) is 0 Å². The Morgan fingerprint density at radius 1 is 1.47 bits per heavy atom. The molecule has 2 aromatic rings. The van der Waals surface area contributed by atoms with Crippen molar-refractivity contribution in [1.29, 1.82) is 0 Å². The predicted molar refractivity (Wildman–Crippen MR) is 54.0 cm³/mol. The third-order valence-corrected chi connectivity index (χ3v) is 1.91. The van der Waals surface area contributed by atoms with Crippen LogP contribution in [-0.4, -0.2) is 21.1 Å². The van der Waals surface area contributed by atoms with Crippen LogP contribution in [0.25, 0.3) is 0 Å². The van der Waals surface area contributed by atoms with Crippen LogP contribution in [0, 0.1) is 0 Å². The molecule has 0 aliphatic heterocycles. The lowest BCUT2D eigenvalue weighted by atomic mass is 10.3. The Hall–Kier alpha value is -2.17. The van der Waals surface area contributed by atoms with E-state index in [1.165, 1.54) is 0 Å². The molecule has 15 heavy (non-hydrogen) atoms. The average Bonchev–Trinajstić information content (AvgIpc) is 2.80. The van der Waals surface area contributed by atoms with Gasteiger partial charge in [0.2, 0.25) is 0 Å². The second-order valence-electron chi connectivity index (χ2n) is 3.00. The number of carbonyl (C=O) groups is 1. The highest BCUT2D eigenvalue weighted by atomic mass is 16.1. The molecule has 0 unspecified atom stereocenters. The minimum absolute atomic E-state index is 0.184. The van der Waals surface area contributed by atoms with Crippen molar-refractivity contribution in [2.24, 2.45) is 0 Å². The van der Waals surface area contributed by atoms with Crippen LogP contribution in [0.2, 0.25) is 0 Å². The zero-order valence-corrected chi connectivity index (χ0v) is 7.97. The topological polar surface area (TPSA) is 70.7 Å². The molecule has 1 amide bonds. The third-order valence-electron chi connectivity index (χ3n) is 1.91. The maximum absolute atomic E-state index is 11.5. The van der Waals surface area contributed by atoms with Crippen LogP contribution < -0.4 is 5.32 Å². The molecule has 2 aromatic heterocycles. The van der Waals surface area contributed by atoms with E-state index in [9.17, 15) is 4.79 Å². The number of nitrogens with zero attached hydrogens (tertiary/aromatic N) is 2. The monoisotopic (exact) mass is 202 g/mol. The molecular weight excluding hydrogens is 192 g/mol. The van der Waals surface area contributed by atoms with E-state index in [1.807, 2.05) is 0 Å². The number of hydrogen-bond acceptors (Lipinski definition) is 3. The maximum atomic E-state index is 11.5. The van der Waals surface area contributed by atoms with Crippen molar-refractivity contribution in [2.45, 2.75) is 6.54 Å². The molecule has 0 aliphatic carbocycles. The number of amides is 1. The largest absolute Gasteiger partial charge is 0.347 e. The van der Waals surface area contributed by atoms with Gasteiger partial charge in [0.15, 0.2) is 0 Å². The fourth-order valence-electron chi connectivity index (χ4n) is 1.14. The SMILES string of the molecule is O=C(NCc1cn[nH]c1)c1ccccn1. The van der Waals surface area contributed by atoms with E-state index >= 15 is 0 Å². The second kappa shape index (κ2) is 4.36.